The SMILES string of the molecule is CCCCC/C=C\CCCCCCCC(=O)NC(COP(=O)(O)OCC[N+](C)(C)C)C(O)/C=C/CC/C=C/CC/C=C/CCCCCCCCCCCCCCCCCCCCC. The number of amides is 1. The molecule has 0 fully saturated rings. The van der Waals surface area contributed by atoms with E-state index in [2.05, 4.69) is 55.6 Å². The molecule has 0 aromatic heterocycles. The zero-order valence-corrected chi connectivity index (χ0v) is 43.0. The number of hydrogen-bond donors (Lipinski definition) is 3. The molecule has 0 bridgehead atoms. The lowest BCUT2D eigenvalue weighted by molar-refractivity contribution is -0.870. The number of carbonyl (C=O) groups excluding carboxylic acids is 1. The number of allylic oxidation sites excluding steroid dienone is 7. The number of phosphoric acid groups is 1. The molecule has 3 atom stereocenters. The Morgan fingerprint density at radius 2 is 0.873 bits per heavy atom. The van der Waals surface area contributed by atoms with Crippen molar-refractivity contribution in [2.24, 2.45) is 0 Å². The van der Waals surface area contributed by atoms with Crippen LogP contribution in [0.1, 0.15) is 239 Å². The second-order valence-electron chi connectivity index (χ2n) is 19.2. The first-order valence-corrected chi connectivity index (χ1v) is 28.0. The fourth-order valence-corrected chi connectivity index (χ4v) is 8.27. The standard InChI is InChI=1S/C54H103N2O6P/c1-6-8-10-12-14-16-18-20-21-22-23-24-25-26-27-28-29-30-31-32-33-34-35-36-37-39-41-43-45-47-53(57)52(51-62-63(59,60)61-50-49-56(3,4)5)55-54(58)48-46-44-42-40-38-19-17-15-13-11-9-7-2/h15,17,33-34,37,39,45,47,52-53,57H,6-14,16,18-32,35-36,38,40-44,46,48-51H2,1-5H3,(H-,55,58,59,60)/p+1/b17-15-,34-33+,39-37+,47-45+. The Morgan fingerprint density at radius 3 is 1.30 bits per heavy atom. The average Bonchev–Trinajstić information content (AvgIpc) is 3.24. The number of rotatable bonds is 48. The van der Waals surface area contributed by atoms with Crippen LogP contribution >= 0.6 is 7.82 Å². The quantitative estimate of drug-likeness (QED) is 0.0243. The van der Waals surface area contributed by atoms with Crippen LogP contribution in [0.2, 0.25) is 0 Å². The predicted molar refractivity (Wildman–Crippen MR) is 272 cm³/mol. The summed E-state index contributed by atoms with van der Waals surface area (Å²) >= 11 is 0. The van der Waals surface area contributed by atoms with Gasteiger partial charge in [0.05, 0.1) is 39.9 Å². The number of nitrogens with one attached hydrogen (secondary N) is 1. The fourth-order valence-electron chi connectivity index (χ4n) is 7.54. The molecule has 3 N–H and O–H groups in total. The molecule has 9 heteroatoms. The van der Waals surface area contributed by atoms with Crippen molar-refractivity contribution in [1.29, 1.82) is 0 Å². The zero-order chi connectivity index (χ0) is 46.4. The Labute approximate surface area is 390 Å². The van der Waals surface area contributed by atoms with Crippen molar-refractivity contribution in [2.75, 3.05) is 40.9 Å². The van der Waals surface area contributed by atoms with Crippen LogP contribution in [-0.4, -0.2) is 73.4 Å². The summed E-state index contributed by atoms with van der Waals surface area (Å²) in [5.41, 5.74) is 0. The molecule has 0 aliphatic rings. The van der Waals surface area contributed by atoms with Crippen molar-refractivity contribution in [1.82, 2.24) is 5.32 Å². The van der Waals surface area contributed by atoms with Gasteiger partial charge >= 0.3 is 7.82 Å². The number of nitrogens with zero attached hydrogens (tertiary/aromatic N) is 1. The highest BCUT2D eigenvalue weighted by molar-refractivity contribution is 7.47. The first-order valence-electron chi connectivity index (χ1n) is 26.5. The molecule has 370 valence electrons. The Morgan fingerprint density at radius 1 is 0.524 bits per heavy atom. The summed E-state index contributed by atoms with van der Waals surface area (Å²) in [5, 5.41) is 13.8. The summed E-state index contributed by atoms with van der Waals surface area (Å²) in [6.07, 6.45) is 59.4. The number of unbranched alkanes of at least 4 members (excludes halogenated alkanes) is 29. The highest BCUT2D eigenvalue weighted by atomic mass is 31.2. The van der Waals surface area contributed by atoms with E-state index in [4.69, 9.17) is 9.05 Å². The summed E-state index contributed by atoms with van der Waals surface area (Å²) < 4.78 is 23.6. The molecule has 0 spiro atoms. The smallest absolute Gasteiger partial charge is 0.387 e. The molecule has 0 aromatic rings. The van der Waals surface area contributed by atoms with E-state index in [1.165, 1.54) is 161 Å². The van der Waals surface area contributed by atoms with Crippen molar-refractivity contribution < 1.29 is 32.9 Å². The first-order chi connectivity index (χ1) is 30.5. The summed E-state index contributed by atoms with van der Waals surface area (Å²) in [7, 11) is 1.54. The first kappa shape index (κ1) is 61.5. The van der Waals surface area contributed by atoms with E-state index in [9.17, 15) is 19.4 Å². The molecule has 0 saturated carbocycles. The second-order valence-corrected chi connectivity index (χ2v) is 20.7. The Kier molecular flexibility index (Phi) is 44.5. The van der Waals surface area contributed by atoms with E-state index in [1.54, 1.807) is 6.08 Å². The van der Waals surface area contributed by atoms with Gasteiger partial charge in [0.1, 0.15) is 13.2 Å². The van der Waals surface area contributed by atoms with Crippen molar-refractivity contribution >= 4 is 13.7 Å². The number of carbonyl (C=O) groups is 1. The van der Waals surface area contributed by atoms with Gasteiger partial charge in [-0.05, 0) is 70.6 Å². The average molecular weight is 908 g/mol. The number of phosphoric ester groups is 1. The molecule has 1 amide bonds. The van der Waals surface area contributed by atoms with Crippen LogP contribution in [0.15, 0.2) is 48.6 Å². The summed E-state index contributed by atoms with van der Waals surface area (Å²) in [6.45, 7) is 4.76. The molecule has 0 radical (unpaired) electrons. The van der Waals surface area contributed by atoms with Gasteiger partial charge < -0.3 is 19.8 Å². The molecule has 0 rings (SSSR count). The van der Waals surface area contributed by atoms with Gasteiger partial charge in [-0.2, -0.15) is 0 Å². The fraction of sp³-hybridized carbons (Fsp3) is 0.833. The van der Waals surface area contributed by atoms with Crippen LogP contribution < -0.4 is 5.32 Å². The van der Waals surface area contributed by atoms with Gasteiger partial charge in [-0.25, -0.2) is 4.57 Å². The van der Waals surface area contributed by atoms with Crippen molar-refractivity contribution in [3.8, 4) is 0 Å². The van der Waals surface area contributed by atoms with Crippen LogP contribution in [0.25, 0.3) is 0 Å². The molecule has 0 aliphatic heterocycles. The minimum Gasteiger partial charge on any atom is -0.387 e. The lowest BCUT2D eigenvalue weighted by Crippen LogP contribution is -2.45. The molecule has 63 heavy (non-hydrogen) atoms. The maximum atomic E-state index is 12.9. The Hall–Kier alpha value is -1.54. The number of quaternary nitrogens is 1. The Bertz CT molecular complexity index is 1170. The van der Waals surface area contributed by atoms with E-state index in [-0.39, 0.29) is 19.1 Å². The van der Waals surface area contributed by atoms with Gasteiger partial charge in [-0.1, -0.05) is 210 Å². The molecular formula is C54H104N2O6P+. The van der Waals surface area contributed by atoms with Gasteiger partial charge in [-0.15, -0.1) is 0 Å². The molecule has 0 heterocycles. The minimum absolute atomic E-state index is 0.0511. The number of aliphatic hydroxyl groups excluding tert-OH is 1. The third-order valence-electron chi connectivity index (χ3n) is 11.7. The van der Waals surface area contributed by atoms with E-state index in [1.807, 2.05) is 27.2 Å². The van der Waals surface area contributed by atoms with Crippen molar-refractivity contribution in [3.05, 3.63) is 48.6 Å². The van der Waals surface area contributed by atoms with Crippen LogP contribution in [0.3, 0.4) is 0 Å². The largest absolute Gasteiger partial charge is 0.472 e. The molecule has 0 aromatic carbocycles. The van der Waals surface area contributed by atoms with Crippen molar-refractivity contribution in [2.45, 2.75) is 251 Å². The van der Waals surface area contributed by atoms with E-state index in [0.717, 1.165) is 57.8 Å². The van der Waals surface area contributed by atoms with Gasteiger partial charge in [0.2, 0.25) is 5.91 Å². The number of hydrogen-bond acceptors (Lipinski definition) is 5. The molecule has 3 unspecified atom stereocenters. The summed E-state index contributed by atoms with van der Waals surface area (Å²) in [4.78, 5) is 23.1. The van der Waals surface area contributed by atoms with Crippen LogP contribution in [0.4, 0.5) is 0 Å². The lowest BCUT2D eigenvalue weighted by Gasteiger charge is -2.25. The lowest BCUT2D eigenvalue weighted by atomic mass is 10.0. The highest BCUT2D eigenvalue weighted by Gasteiger charge is 2.27. The molecule has 0 aliphatic carbocycles. The second kappa shape index (κ2) is 45.6. The number of aliphatic hydroxyl groups is 1. The van der Waals surface area contributed by atoms with E-state index >= 15 is 0 Å². The van der Waals surface area contributed by atoms with Gasteiger partial charge in [0.25, 0.3) is 0 Å². The van der Waals surface area contributed by atoms with Crippen molar-refractivity contribution in [3.63, 3.8) is 0 Å². The molecule has 0 saturated heterocycles. The van der Waals surface area contributed by atoms with Crippen LogP contribution in [0, 0.1) is 0 Å². The van der Waals surface area contributed by atoms with Gasteiger partial charge in [-0.3, -0.25) is 13.8 Å². The molecular weight excluding hydrogens is 804 g/mol. The molecule has 8 nitrogen and oxygen atoms in total. The van der Waals surface area contributed by atoms with E-state index < -0.39 is 20.0 Å². The summed E-state index contributed by atoms with van der Waals surface area (Å²) in [6, 6.07) is -0.874. The van der Waals surface area contributed by atoms with Crippen LogP contribution in [0.5, 0.6) is 0 Å². The normalized spacial score (nSPS) is 14.5. The maximum absolute atomic E-state index is 12.9. The predicted octanol–water partition coefficient (Wildman–Crippen LogP) is 15.6. The minimum atomic E-state index is -4.35. The third-order valence-corrected chi connectivity index (χ3v) is 12.7. The summed E-state index contributed by atoms with van der Waals surface area (Å²) in [5.74, 6) is -0.202. The monoisotopic (exact) mass is 908 g/mol. The third kappa shape index (κ3) is 48.2. The Balaban J connectivity index is 4.23. The van der Waals surface area contributed by atoms with E-state index in [0.29, 0.717) is 17.4 Å². The maximum Gasteiger partial charge on any atom is 0.472 e. The topological polar surface area (TPSA) is 105 Å². The number of likely N-dealkylation sites (N-methyl/N-ethyl adjacent to an activating group) is 1. The van der Waals surface area contributed by atoms with Gasteiger partial charge in [0, 0.05) is 6.42 Å². The van der Waals surface area contributed by atoms with Crippen LogP contribution in [-0.2, 0) is 18.4 Å². The van der Waals surface area contributed by atoms with Gasteiger partial charge in [0.15, 0.2) is 0 Å². The highest BCUT2D eigenvalue weighted by Crippen LogP contribution is 2.43. The zero-order valence-electron chi connectivity index (χ0n) is 42.1.